The summed E-state index contributed by atoms with van der Waals surface area (Å²) < 4.78 is 2.04. The number of Topliss-reactive ketones (excluding diaryl/α,β-unsaturated/α-hetero) is 1. The highest BCUT2D eigenvalue weighted by molar-refractivity contribution is 7.09. The molecular formula is C15H19N3OS. The number of ketones is 1. The minimum absolute atomic E-state index is 0.191. The van der Waals surface area contributed by atoms with Crippen molar-refractivity contribution in [2.75, 3.05) is 0 Å². The van der Waals surface area contributed by atoms with Crippen molar-refractivity contribution >= 4 is 17.1 Å². The Morgan fingerprint density at radius 3 is 2.90 bits per heavy atom. The first kappa shape index (κ1) is 13.5. The summed E-state index contributed by atoms with van der Waals surface area (Å²) in [4.78, 5) is 16.4. The zero-order chi connectivity index (χ0) is 13.9. The minimum Gasteiger partial charge on any atom is -0.299 e. The van der Waals surface area contributed by atoms with Crippen molar-refractivity contribution < 1.29 is 4.79 Å². The number of aromatic nitrogens is 3. The fraction of sp³-hybridized carbons (Fsp3) is 0.533. The van der Waals surface area contributed by atoms with Gasteiger partial charge < -0.3 is 0 Å². The van der Waals surface area contributed by atoms with Gasteiger partial charge in [-0.3, -0.25) is 9.48 Å². The SMILES string of the molecule is Cc1csc(CC(=O)Cc2ccn(C3CCCC3)n2)n1. The van der Waals surface area contributed by atoms with Crippen LogP contribution >= 0.6 is 11.3 Å². The minimum atomic E-state index is 0.191. The van der Waals surface area contributed by atoms with E-state index in [0.29, 0.717) is 18.9 Å². The number of hydrogen-bond donors (Lipinski definition) is 0. The maximum absolute atomic E-state index is 12.0. The third-order valence-corrected chi connectivity index (χ3v) is 4.72. The van der Waals surface area contributed by atoms with Gasteiger partial charge in [-0.05, 0) is 25.8 Å². The van der Waals surface area contributed by atoms with Crippen LogP contribution in [0.5, 0.6) is 0 Å². The maximum Gasteiger partial charge on any atom is 0.145 e. The van der Waals surface area contributed by atoms with Gasteiger partial charge in [0, 0.05) is 17.3 Å². The van der Waals surface area contributed by atoms with E-state index < -0.39 is 0 Å². The number of nitrogens with zero attached hydrogens (tertiary/aromatic N) is 3. The van der Waals surface area contributed by atoms with Crippen molar-refractivity contribution in [2.24, 2.45) is 0 Å². The van der Waals surface area contributed by atoms with Crippen LogP contribution in [0.25, 0.3) is 0 Å². The van der Waals surface area contributed by atoms with Crippen molar-refractivity contribution in [3.63, 3.8) is 0 Å². The third-order valence-electron chi connectivity index (χ3n) is 3.76. The zero-order valence-electron chi connectivity index (χ0n) is 11.7. The van der Waals surface area contributed by atoms with Crippen LogP contribution in [0.1, 0.15) is 48.1 Å². The molecule has 1 saturated carbocycles. The first-order valence-electron chi connectivity index (χ1n) is 7.17. The molecular weight excluding hydrogens is 270 g/mol. The topological polar surface area (TPSA) is 47.8 Å². The number of carbonyl (C=O) groups excluding carboxylic acids is 1. The Balaban J connectivity index is 1.58. The highest BCUT2D eigenvalue weighted by Crippen LogP contribution is 2.28. The fourth-order valence-corrected chi connectivity index (χ4v) is 3.56. The second-order valence-electron chi connectivity index (χ2n) is 5.50. The van der Waals surface area contributed by atoms with Gasteiger partial charge in [0.25, 0.3) is 0 Å². The molecule has 0 aliphatic heterocycles. The Labute approximate surface area is 122 Å². The molecule has 1 aliphatic rings. The average molecular weight is 289 g/mol. The largest absolute Gasteiger partial charge is 0.299 e. The molecule has 0 amide bonds. The predicted octanol–water partition coefficient (Wildman–Crippen LogP) is 3.12. The van der Waals surface area contributed by atoms with E-state index in [-0.39, 0.29) is 5.78 Å². The van der Waals surface area contributed by atoms with Crippen molar-refractivity contribution in [3.05, 3.63) is 34.0 Å². The summed E-state index contributed by atoms with van der Waals surface area (Å²) in [5, 5.41) is 7.45. The molecule has 1 aliphatic carbocycles. The van der Waals surface area contributed by atoms with Crippen LogP contribution in [0, 0.1) is 6.92 Å². The van der Waals surface area contributed by atoms with Crippen molar-refractivity contribution in [1.82, 2.24) is 14.8 Å². The molecule has 0 atom stereocenters. The molecule has 0 aromatic carbocycles. The second-order valence-corrected chi connectivity index (χ2v) is 6.44. The van der Waals surface area contributed by atoms with Crippen LogP contribution in [-0.2, 0) is 17.6 Å². The van der Waals surface area contributed by atoms with Crippen LogP contribution in [0.4, 0.5) is 0 Å². The summed E-state index contributed by atoms with van der Waals surface area (Å²) >= 11 is 1.56. The normalized spacial score (nSPS) is 15.8. The van der Waals surface area contributed by atoms with E-state index in [9.17, 15) is 4.79 Å². The molecule has 0 radical (unpaired) electrons. The zero-order valence-corrected chi connectivity index (χ0v) is 12.5. The molecule has 0 bridgehead atoms. The number of thiazole rings is 1. The molecule has 0 saturated heterocycles. The molecule has 2 aromatic rings. The molecule has 0 spiro atoms. The number of carbonyl (C=O) groups is 1. The molecule has 106 valence electrons. The summed E-state index contributed by atoms with van der Waals surface area (Å²) in [6.45, 7) is 1.95. The number of hydrogen-bond acceptors (Lipinski definition) is 4. The van der Waals surface area contributed by atoms with Gasteiger partial charge in [0.15, 0.2) is 0 Å². The molecule has 0 N–H and O–H groups in total. The van der Waals surface area contributed by atoms with E-state index in [1.807, 2.05) is 29.2 Å². The van der Waals surface area contributed by atoms with Gasteiger partial charge in [0.1, 0.15) is 10.8 Å². The van der Waals surface area contributed by atoms with E-state index >= 15 is 0 Å². The highest BCUT2D eigenvalue weighted by Gasteiger charge is 2.18. The lowest BCUT2D eigenvalue weighted by Gasteiger charge is -2.08. The Morgan fingerprint density at radius 2 is 2.20 bits per heavy atom. The van der Waals surface area contributed by atoms with Gasteiger partial charge in [0.05, 0.1) is 24.6 Å². The van der Waals surface area contributed by atoms with E-state index in [4.69, 9.17) is 0 Å². The highest BCUT2D eigenvalue weighted by atomic mass is 32.1. The monoisotopic (exact) mass is 289 g/mol. The van der Waals surface area contributed by atoms with Crippen molar-refractivity contribution in [1.29, 1.82) is 0 Å². The van der Waals surface area contributed by atoms with E-state index in [2.05, 4.69) is 10.1 Å². The average Bonchev–Trinajstić information content (AvgIpc) is 3.10. The lowest BCUT2D eigenvalue weighted by atomic mass is 10.2. The third kappa shape index (κ3) is 3.15. The van der Waals surface area contributed by atoms with Gasteiger partial charge in [-0.1, -0.05) is 12.8 Å². The number of aryl methyl sites for hydroxylation is 1. The van der Waals surface area contributed by atoms with E-state index in [1.54, 1.807) is 11.3 Å². The summed E-state index contributed by atoms with van der Waals surface area (Å²) in [6.07, 6.45) is 7.88. The quantitative estimate of drug-likeness (QED) is 0.849. The van der Waals surface area contributed by atoms with Crippen LogP contribution in [-0.4, -0.2) is 20.5 Å². The molecule has 2 aromatic heterocycles. The summed E-state index contributed by atoms with van der Waals surface area (Å²) in [5.41, 5.74) is 1.87. The Bertz CT molecular complexity index is 596. The van der Waals surface area contributed by atoms with Gasteiger partial charge >= 0.3 is 0 Å². The summed E-state index contributed by atoms with van der Waals surface area (Å²) in [6, 6.07) is 2.52. The Hall–Kier alpha value is -1.49. The first-order valence-corrected chi connectivity index (χ1v) is 8.05. The Morgan fingerprint density at radius 1 is 1.40 bits per heavy atom. The van der Waals surface area contributed by atoms with Gasteiger partial charge in [-0.15, -0.1) is 11.3 Å². The fourth-order valence-electron chi connectivity index (χ4n) is 2.76. The van der Waals surface area contributed by atoms with Gasteiger partial charge in [-0.2, -0.15) is 5.10 Å². The smallest absolute Gasteiger partial charge is 0.145 e. The molecule has 20 heavy (non-hydrogen) atoms. The van der Waals surface area contributed by atoms with E-state index in [1.165, 1.54) is 25.7 Å². The first-order chi connectivity index (χ1) is 9.70. The molecule has 3 rings (SSSR count). The summed E-state index contributed by atoms with van der Waals surface area (Å²) in [5.74, 6) is 0.191. The van der Waals surface area contributed by atoms with Crippen LogP contribution in [0.2, 0.25) is 0 Å². The molecule has 4 nitrogen and oxygen atoms in total. The molecule has 1 fully saturated rings. The lowest BCUT2D eigenvalue weighted by molar-refractivity contribution is -0.117. The second kappa shape index (κ2) is 5.87. The predicted molar refractivity (Wildman–Crippen MR) is 79.0 cm³/mol. The maximum atomic E-state index is 12.0. The van der Waals surface area contributed by atoms with Crippen LogP contribution in [0.3, 0.4) is 0 Å². The van der Waals surface area contributed by atoms with Crippen LogP contribution < -0.4 is 0 Å². The lowest BCUT2D eigenvalue weighted by Crippen LogP contribution is -2.09. The number of rotatable bonds is 5. The van der Waals surface area contributed by atoms with Crippen molar-refractivity contribution in [3.8, 4) is 0 Å². The summed E-state index contributed by atoms with van der Waals surface area (Å²) in [7, 11) is 0. The molecule has 5 heteroatoms. The Kier molecular flexibility index (Phi) is 3.96. The van der Waals surface area contributed by atoms with E-state index in [0.717, 1.165) is 16.4 Å². The van der Waals surface area contributed by atoms with Crippen molar-refractivity contribution in [2.45, 2.75) is 51.5 Å². The molecule has 2 heterocycles. The van der Waals surface area contributed by atoms with Gasteiger partial charge in [0.2, 0.25) is 0 Å². The standard InChI is InChI=1S/C15H19N3OS/c1-11-10-20-15(16-11)9-14(19)8-12-6-7-18(17-12)13-4-2-3-5-13/h6-7,10,13H,2-5,8-9H2,1H3. The van der Waals surface area contributed by atoms with Gasteiger partial charge in [-0.25, -0.2) is 4.98 Å². The molecule has 0 unspecified atom stereocenters. The van der Waals surface area contributed by atoms with Crippen LogP contribution in [0.15, 0.2) is 17.6 Å².